The van der Waals surface area contributed by atoms with Crippen molar-refractivity contribution >= 4 is 22.6 Å². The van der Waals surface area contributed by atoms with Crippen molar-refractivity contribution in [2.75, 3.05) is 12.4 Å². The Morgan fingerprint density at radius 2 is 1.95 bits per heavy atom. The number of aromatic nitrogens is 1. The molecule has 0 radical (unpaired) electrons. The van der Waals surface area contributed by atoms with Gasteiger partial charge in [0.25, 0.3) is 0 Å². The summed E-state index contributed by atoms with van der Waals surface area (Å²) in [5, 5.41) is 4.56. The second-order valence-electron chi connectivity index (χ2n) is 4.82. The molecule has 3 aromatic rings. The molecule has 2 N–H and O–H groups in total. The van der Waals surface area contributed by atoms with Crippen LogP contribution in [0.1, 0.15) is 15.9 Å². The van der Waals surface area contributed by atoms with Crippen LogP contribution >= 0.6 is 0 Å². The zero-order valence-electron chi connectivity index (χ0n) is 11.7. The van der Waals surface area contributed by atoms with Crippen LogP contribution < -0.4 is 5.32 Å². The molecule has 0 atom stereocenters. The van der Waals surface area contributed by atoms with Gasteiger partial charge >= 0.3 is 5.97 Å². The Balaban J connectivity index is 1.67. The van der Waals surface area contributed by atoms with Crippen LogP contribution in [0.15, 0.2) is 54.7 Å². The zero-order valence-corrected chi connectivity index (χ0v) is 11.7. The maximum atomic E-state index is 11.4. The van der Waals surface area contributed by atoms with Crippen LogP contribution in [-0.4, -0.2) is 18.1 Å². The molecule has 1 aromatic heterocycles. The van der Waals surface area contributed by atoms with Gasteiger partial charge in [-0.25, -0.2) is 4.79 Å². The van der Waals surface area contributed by atoms with Gasteiger partial charge in [-0.1, -0.05) is 12.1 Å². The van der Waals surface area contributed by atoms with Gasteiger partial charge in [-0.3, -0.25) is 0 Å². The van der Waals surface area contributed by atoms with Crippen LogP contribution in [0.3, 0.4) is 0 Å². The van der Waals surface area contributed by atoms with Gasteiger partial charge < -0.3 is 15.0 Å². The van der Waals surface area contributed by atoms with Crippen molar-refractivity contribution in [3.63, 3.8) is 0 Å². The Morgan fingerprint density at radius 3 is 2.71 bits per heavy atom. The fourth-order valence-corrected chi connectivity index (χ4v) is 2.24. The number of anilines is 1. The fourth-order valence-electron chi connectivity index (χ4n) is 2.24. The number of methoxy groups -OCH3 is 1. The Bertz CT molecular complexity index is 760. The number of carbonyl (C=O) groups is 1. The number of nitrogens with one attached hydrogen (secondary N) is 2. The minimum Gasteiger partial charge on any atom is -0.465 e. The topological polar surface area (TPSA) is 54.1 Å². The SMILES string of the molecule is COC(=O)c1ccc(CNc2ccc3[nH]ccc3c2)cc1. The fraction of sp³-hybridized carbons (Fsp3) is 0.118. The number of fused-ring (bicyclic) bond motifs is 1. The molecular weight excluding hydrogens is 264 g/mol. The first kappa shape index (κ1) is 13.2. The summed E-state index contributed by atoms with van der Waals surface area (Å²) in [6.45, 7) is 0.706. The molecule has 0 aliphatic heterocycles. The predicted molar refractivity (Wildman–Crippen MR) is 83.4 cm³/mol. The smallest absolute Gasteiger partial charge is 0.337 e. The van der Waals surface area contributed by atoms with Gasteiger partial charge in [-0.05, 0) is 42.0 Å². The molecule has 0 saturated carbocycles. The Hall–Kier alpha value is -2.75. The molecule has 0 bridgehead atoms. The summed E-state index contributed by atoms with van der Waals surface area (Å²) in [6.07, 6.45) is 1.93. The van der Waals surface area contributed by atoms with Crippen molar-refractivity contribution in [3.8, 4) is 0 Å². The van der Waals surface area contributed by atoms with E-state index in [9.17, 15) is 4.79 Å². The lowest BCUT2D eigenvalue weighted by Gasteiger charge is -2.07. The monoisotopic (exact) mass is 280 g/mol. The van der Waals surface area contributed by atoms with E-state index in [2.05, 4.69) is 27.2 Å². The Morgan fingerprint density at radius 1 is 1.14 bits per heavy atom. The highest BCUT2D eigenvalue weighted by Gasteiger charge is 2.04. The van der Waals surface area contributed by atoms with Crippen LogP contribution in [0.4, 0.5) is 5.69 Å². The van der Waals surface area contributed by atoms with E-state index < -0.39 is 0 Å². The lowest BCUT2D eigenvalue weighted by molar-refractivity contribution is 0.0600. The van der Waals surface area contributed by atoms with Crippen molar-refractivity contribution < 1.29 is 9.53 Å². The summed E-state index contributed by atoms with van der Waals surface area (Å²) in [5.74, 6) is -0.313. The molecule has 0 saturated heterocycles. The number of H-pyrrole nitrogens is 1. The van der Waals surface area contributed by atoms with E-state index in [1.54, 1.807) is 12.1 Å². The molecule has 0 unspecified atom stereocenters. The summed E-state index contributed by atoms with van der Waals surface area (Å²) in [4.78, 5) is 14.5. The van der Waals surface area contributed by atoms with E-state index in [-0.39, 0.29) is 5.97 Å². The number of hydrogen-bond acceptors (Lipinski definition) is 3. The normalized spacial score (nSPS) is 10.5. The molecule has 0 fully saturated rings. The van der Waals surface area contributed by atoms with Crippen LogP contribution in [0.25, 0.3) is 10.9 Å². The number of hydrogen-bond donors (Lipinski definition) is 2. The van der Waals surface area contributed by atoms with Gasteiger partial charge in [0.15, 0.2) is 0 Å². The van der Waals surface area contributed by atoms with Crippen LogP contribution in [0.2, 0.25) is 0 Å². The lowest BCUT2D eigenvalue weighted by Crippen LogP contribution is -2.03. The first-order chi connectivity index (χ1) is 10.3. The van der Waals surface area contributed by atoms with Crippen LogP contribution in [0, 0.1) is 0 Å². The maximum absolute atomic E-state index is 11.4. The quantitative estimate of drug-likeness (QED) is 0.718. The number of carbonyl (C=O) groups excluding carboxylic acids is 1. The average molecular weight is 280 g/mol. The summed E-state index contributed by atoms with van der Waals surface area (Å²) >= 11 is 0. The van der Waals surface area contributed by atoms with E-state index in [1.807, 2.05) is 30.5 Å². The third kappa shape index (κ3) is 2.89. The number of ether oxygens (including phenoxy) is 1. The number of rotatable bonds is 4. The average Bonchev–Trinajstić information content (AvgIpc) is 3.00. The Labute approximate surface area is 122 Å². The highest BCUT2D eigenvalue weighted by molar-refractivity contribution is 5.89. The van der Waals surface area contributed by atoms with Gasteiger partial charge in [0.05, 0.1) is 12.7 Å². The van der Waals surface area contributed by atoms with Gasteiger partial charge in [-0.2, -0.15) is 0 Å². The zero-order chi connectivity index (χ0) is 14.7. The van der Waals surface area contributed by atoms with Gasteiger partial charge in [0.1, 0.15) is 0 Å². The second-order valence-corrected chi connectivity index (χ2v) is 4.82. The maximum Gasteiger partial charge on any atom is 0.337 e. The van der Waals surface area contributed by atoms with Crippen molar-refractivity contribution in [1.82, 2.24) is 4.98 Å². The first-order valence-electron chi connectivity index (χ1n) is 6.74. The third-order valence-electron chi connectivity index (χ3n) is 3.42. The van der Waals surface area contributed by atoms with Crippen molar-refractivity contribution in [3.05, 3.63) is 65.9 Å². The van der Waals surface area contributed by atoms with Crippen molar-refractivity contribution in [2.45, 2.75) is 6.54 Å². The molecule has 21 heavy (non-hydrogen) atoms. The summed E-state index contributed by atoms with van der Waals surface area (Å²) < 4.78 is 4.68. The molecule has 2 aromatic carbocycles. The van der Waals surface area contributed by atoms with Gasteiger partial charge in [0, 0.05) is 29.3 Å². The standard InChI is InChI=1S/C17H16N2O2/c1-21-17(20)13-4-2-12(3-5-13)11-19-15-6-7-16-14(10-15)8-9-18-16/h2-10,18-19H,11H2,1H3. The summed E-state index contributed by atoms with van der Waals surface area (Å²) in [5.41, 5.74) is 3.87. The van der Waals surface area contributed by atoms with Gasteiger partial charge in [-0.15, -0.1) is 0 Å². The lowest BCUT2D eigenvalue weighted by atomic mass is 10.1. The van der Waals surface area contributed by atoms with E-state index in [0.29, 0.717) is 12.1 Å². The second kappa shape index (κ2) is 5.71. The van der Waals surface area contributed by atoms with Crippen LogP contribution in [-0.2, 0) is 11.3 Å². The largest absolute Gasteiger partial charge is 0.465 e. The molecule has 0 amide bonds. The van der Waals surface area contributed by atoms with E-state index in [1.165, 1.54) is 12.5 Å². The van der Waals surface area contributed by atoms with Gasteiger partial charge in [0.2, 0.25) is 0 Å². The molecule has 1 heterocycles. The number of esters is 1. The third-order valence-corrected chi connectivity index (χ3v) is 3.42. The van der Waals surface area contributed by atoms with E-state index in [0.717, 1.165) is 16.8 Å². The highest BCUT2D eigenvalue weighted by atomic mass is 16.5. The molecular formula is C17H16N2O2. The van der Waals surface area contributed by atoms with E-state index in [4.69, 9.17) is 0 Å². The van der Waals surface area contributed by atoms with Crippen LogP contribution in [0.5, 0.6) is 0 Å². The first-order valence-corrected chi connectivity index (χ1v) is 6.74. The molecule has 4 heteroatoms. The molecule has 0 aliphatic carbocycles. The summed E-state index contributed by atoms with van der Waals surface area (Å²) in [6, 6.07) is 15.7. The molecule has 106 valence electrons. The van der Waals surface area contributed by atoms with E-state index >= 15 is 0 Å². The van der Waals surface area contributed by atoms with Crippen molar-refractivity contribution in [1.29, 1.82) is 0 Å². The number of benzene rings is 2. The minimum absolute atomic E-state index is 0.313. The molecule has 0 spiro atoms. The number of aromatic amines is 1. The molecule has 0 aliphatic rings. The molecule has 3 rings (SSSR count). The summed E-state index contributed by atoms with van der Waals surface area (Å²) in [7, 11) is 1.38. The highest BCUT2D eigenvalue weighted by Crippen LogP contribution is 2.18. The minimum atomic E-state index is -0.313. The Kier molecular flexibility index (Phi) is 3.60. The van der Waals surface area contributed by atoms with Crippen molar-refractivity contribution in [2.24, 2.45) is 0 Å². The predicted octanol–water partition coefficient (Wildman–Crippen LogP) is 3.57. The molecule has 4 nitrogen and oxygen atoms in total.